The first-order valence-corrected chi connectivity index (χ1v) is 7.69. The molecule has 1 fully saturated rings. The second kappa shape index (κ2) is 5.24. The van der Waals surface area contributed by atoms with Gasteiger partial charge in [-0.2, -0.15) is 0 Å². The van der Waals surface area contributed by atoms with Gasteiger partial charge in [-0.25, -0.2) is 4.98 Å². The van der Waals surface area contributed by atoms with Crippen LogP contribution in [0.3, 0.4) is 0 Å². The van der Waals surface area contributed by atoms with Gasteiger partial charge in [0, 0.05) is 31.0 Å². The number of H-pyrrole nitrogens is 1. The molecule has 3 aromatic rings. The summed E-state index contributed by atoms with van der Waals surface area (Å²) in [4.78, 5) is 10.2. The normalized spacial score (nSPS) is 15.5. The van der Waals surface area contributed by atoms with Crippen molar-refractivity contribution >= 4 is 16.7 Å². The maximum absolute atomic E-state index is 4.56. The van der Waals surface area contributed by atoms with Gasteiger partial charge in [-0.15, -0.1) is 0 Å². The van der Waals surface area contributed by atoms with Crippen molar-refractivity contribution < 1.29 is 0 Å². The zero-order valence-electron chi connectivity index (χ0n) is 12.0. The summed E-state index contributed by atoms with van der Waals surface area (Å²) in [5, 5.41) is 1.25. The molecule has 1 saturated heterocycles. The highest BCUT2D eigenvalue weighted by molar-refractivity contribution is 5.85. The number of fused-ring (bicyclic) bond motifs is 1. The average molecular weight is 277 g/mol. The average Bonchev–Trinajstić information content (AvgIpc) is 3.03. The third-order valence-electron chi connectivity index (χ3n) is 4.31. The van der Waals surface area contributed by atoms with Crippen LogP contribution >= 0.6 is 0 Å². The Balaban J connectivity index is 1.70. The van der Waals surface area contributed by atoms with E-state index in [-0.39, 0.29) is 0 Å². The van der Waals surface area contributed by atoms with Gasteiger partial charge in [-0.1, -0.05) is 6.07 Å². The Bertz CT molecular complexity index is 754. The minimum Gasteiger partial charge on any atom is -0.361 e. The predicted molar refractivity (Wildman–Crippen MR) is 87.6 cm³/mol. The molecule has 3 heterocycles. The van der Waals surface area contributed by atoms with Gasteiger partial charge in [-0.3, -0.25) is 0 Å². The summed E-state index contributed by atoms with van der Waals surface area (Å²) in [6.45, 7) is 2.26. The van der Waals surface area contributed by atoms with Crippen molar-refractivity contribution in [3.63, 3.8) is 0 Å². The maximum atomic E-state index is 4.56. The van der Waals surface area contributed by atoms with E-state index >= 15 is 0 Å². The highest BCUT2D eigenvalue weighted by atomic mass is 15.2. The fourth-order valence-electron chi connectivity index (χ4n) is 3.13. The summed E-state index contributed by atoms with van der Waals surface area (Å²) in [7, 11) is 0. The van der Waals surface area contributed by atoms with Crippen molar-refractivity contribution in [3.05, 3.63) is 48.8 Å². The summed E-state index contributed by atoms with van der Waals surface area (Å²) in [5.41, 5.74) is 3.68. The molecule has 0 aliphatic carbocycles. The molecule has 0 amide bonds. The molecule has 0 saturated carbocycles. The number of hydrogen-bond donors (Lipinski definition) is 1. The number of aromatic nitrogens is 2. The number of benzene rings is 1. The second-order valence-corrected chi connectivity index (χ2v) is 5.73. The van der Waals surface area contributed by atoms with Crippen LogP contribution in [0, 0.1) is 0 Å². The molecule has 0 radical (unpaired) electrons. The highest BCUT2D eigenvalue weighted by Crippen LogP contribution is 2.27. The fraction of sp³-hybridized carbons (Fsp3) is 0.278. The smallest absolute Gasteiger partial charge is 0.129 e. The predicted octanol–water partition coefficient (Wildman–Crippen LogP) is 4.22. The van der Waals surface area contributed by atoms with E-state index in [9.17, 15) is 0 Å². The van der Waals surface area contributed by atoms with Crippen LogP contribution in [0.2, 0.25) is 0 Å². The molecule has 0 unspecified atom stereocenters. The molecule has 106 valence electrons. The van der Waals surface area contributed by atoms with Crippen LogP contribution in [0.1, 0.15) is 19.3 Å². The van der Waals surface area contributed by atoms with Crippen LogP contribution in [0.5, 0.6) is 0 Å². The summed E-state index contributed by atoms with van der Waals surface area (Å²) in [6.07, 6.45) is 7.82. The van der Waals surface area contributed by atoms with E-state index in [1.807, 2.05) is 12.4 Å². The minimum atomic E-state index is 1.11. The van der Waals surface area contributed by atoms with Gasteiger partial charge in [0.2, 0.25) is 0 Å². The molecule has 2 aromatic heterocycles. The van der Waals surface area contributed by atoms with Crippen molar-refractivity contribution in [3.8, 4) is 11.1 Å². The van der Waals surface area contributed by atoms with Crippen LogP contribution in [0.15, 0.2) is 48.8 Å². The standard InChI is InChI=1S/C18H19N3/c1-2-10-21(11-3-1)18-13-15(6-9-20-18)14-4-5-17-16(12-14)7-8-19-17/h4-9,12-13,19H,1-3,10-11H2. The molecule has 21 heavy (non-hydrogen) atoms. The Kier molecular flexibility index (Phi) is 3.11. The third kappa shape index (κ3) is 2.40. The van der Waals surface area contributed by atoms with Gasteiger partial charge < -0.3 is 9.88 Å². The fourth-order valence-corrected chi connectivity index (χ4v) is 3.13. The molecule has 0 bridgehead atoms. The van der Waals surface area contributed by atoms with E-state index in [1.54, 1.807) is 0 Å². The van der Waals surface area contributed by atoms with Gasteiger partial charge >= 0.3 is 0 Å². The number of nitrogens with zero attached hydrogens (tertiary/aromatic N) is 2. The first kappa shape index (κ1) is 12.5. The van der Waals surface area contributed by atoms with E-state index in [0.29, 0.717) is 0 Å². The third-order valence-corrected chi connectivity index (χ3v) is 4.31. The molecular formula is C18H19N3. The van der Waals surface area contributed by atoms with Crippen molar-refractivity contribution in [1.82, 2.24) is 9.97 Å². The Morgan fingerprint density at radius 1 is 0.905 bits per heavy atom. The highest BCUT2D eigenvalue weighted by Gasteiger charge is 2.12. The van der Waals surface area contributed by atoms with Crippen molar-refractivity contribution in [1.29, 1.82) is 0 Å². The summed E-state index contributed by atoms with van der Waals surface area (Å²) >= 11 is 0. The lowest BCUT2D eigenvalue weighted by molar-refractivity contribution is 0.573. The molecule has 1 N–H and O–H groups in total. The number of piperidine rings is 1. The molecule has 3 heteroatoms. The number of nitrogens with one attached hydrogen (secondary N) is 1. The number of aromatic amines is 1. The van der Waals surface area contributed by atoms with Gasteiger partial charge in [0.1, 0.15) is 5.82 Å². The zero-order valence-corrected chi connectivity index (χ0v) is 12.0. The monoisotopic (exact) mass is 277 g/mol. The van der Waals surface area contributed by atoms with Crippen molar-refractivity contribution in [2.45, 2.75) is 19.3 Å². The van der Waals surface area contributed by atoms with E-state index in [0.717, 1.165) is 18.9 Å². The zero-order chi connectivity index (χ0) is 14.1. The molecule has 4 rings (SSSR count). The molecule has 1 aromatic carbocycles. The molecule has 0 spiro atoms. The maximum Gasteiger partial charge on any atom is 0.129 e. The number of anilines is 1. The Morgan fingerprint density at radius 3 is 2.67 bits per heavy atom. The van der Waals surface area contributed by atoms with Crippen LogP contribution in [0.25, 0.3) is 22.0 Å². The molecular weight excluding hydrogens is 258 g/mol. The summed E-state index contributed by atoms with van der Waals surface area (Å²) in [6, 6.07) is 13.0. The lowest BCUT2D eigenvalue weighted by Gasteiger charge is -2.27. The minimum absolute atomic E-state index is 1.11. The Morgan fingerprint density at radius 2 is 1.76 bits per heavy atom. The number of rotatable bonds is 2. The van der Waals surface area contributed by atoms with E-state index in [1.165, 1.54) is 41.3 Å². The second-order valence-electron chi connectivity index (χ2n) is 5.73. The van der Waals surface area contributed by atoms with Gasteiger partial charge in [0.25, 0.3) is 0 Å². The first-order valence-electron chi connectivity index (χ1n) is 7.69. The Hall–Kier alpha value is -2.29. The molecule has 0 atom stereocenters. The lowest BCUT2D eigenvalue weighted by atomic mass is 10.0. The molecule has 3 nitrogen and oxygen atoms in total. The topological polar surface area (TPSA) is 31.9 Å². The molecule has 1 aliphatic heterocycles. The number of pyridine rings is 1. The largest absolute Gasteiger partial charge is 0.361 e. The summed E-state index contributed by atoms with van der Waals surface area (Å²) < 4.78 is 0. The molecule has 1 aliphatic rings. The Labute approximate surface area is 124 Å². The van der Waals surface area contributed by atoms with Gasteiger partial charge in [0.05, 0.1) is 0 Å². The van der Waals surface area contributed by atoms with Crippen LogP contribution in [-0.2, 0) is 0 Å². The van der Waals surface area contributed by atoms with E-state index in [2.05, 4.69) is 51.3 Å². The lowest BCUT2D eigenvalue weighted by Crippen LogP contribution is -2.30. The SMILES string of the molecule is c1cc(-c2ccc3[nH]ccc3c2)cc(N2CCCCC2)n1. The summed E-state index contributed by atoms with van der Waals surface area (Å²) in [5.74, 6) is 1.11. The van der Waals surface area contributed by atoms with Crippen molar-refractivity contribution in [2.75, 3.05) is 18.0 Å². The van der Waals surface area contributed by atoms with E-state index < -0.39 is 0 Å². The first-order chi connectivity index (χ1) is 10.4. The quantitative estimate of drug-likeness (QED) is 0.760. The van der Waals surface area contributed by atoms with E-state index in [4.69, 9.17) is 0 Å². The van der Waals surface area contributed by atoms with Crippen LogP contribution in [-0.4, -0.2) is 23.1 Å². The van der Waals surface area contributed by atoms with Gasteiger partial charge in [0.15, 0.2) is 0 Å². The number of hydrogen-bond acceptors (Lipinski definition) is 2. The van der Waals surface area contributed by atoms with Crippen molar-refractivity contribution in [2.24, 2.45) is 0 Å². The van der Waals surface area contributed by atoms with Crippen LogP contribution in [0.4, 0.5) is 5.82 Å². The van der Waals surface area contributed by atoms with Crippen LogP contribution < -0.4 is 4.90 Å². The van der Waals surface area contributed by atoms with Gasteiger partial charge in [-0.05, 0) is 66.1 Å².